The third kappa shape index (κ3) is 5.62. The van der Waals surface area contributed by atoms with Gasteiger partial charge in [0.1, 0.15) is 4.90 Å². The zero-order valence-corrected chi connectivity index (χ0v) is 19.7. The Morgan fingerprint density at radius 3 is 2.21 bits per heavy atom. The van der Waals surface area contributed by atoms with Crippen LogP contribution >= 0.6 is 11.6 Å². The zero-order valence-electron chi connectivity index (χ0n) is 18.2. The average Bonchev–Trinajstić information content (AvgIpc) is 2.84. The minimum absolute atomic E-state index is 0.0653. The second-order valence-corrected chi connectivity index (χ2v) is 10.2. The van der Waals surface area contributed by atoms with Gasteiger partial charge < -0.3 is 10.2 Å². The molecule has 0 saturated carbocycles. The first-order valence-electron chi connectivity index (χ1n) is 10.9. The van der Waals surface area contributed by atoms with Crippen molar-refractivity contribution in [2.24, 2.45) is 0 Å². The number of carbonyl (C=O) groups is 1. The molecule has 1 aliphatic rings. The number of carbonyl (C=O) groups excluding carboxylic acids is 1. The molecule has 0 spiro atoms. The van der Waals surface area contributed by atoms with Crippen LogP contribution in [0.3, 0.4) is 0 Å². The number of anilines is 1. The van der Waals surface area contributed by atoms with Crippen LogP contribution in [-0.2, 0) is 14.8 Å². The zero-order chi connectivity index (χ0) is 23.3. The maximum Gasteiger partial charge on any atom is 0.244 e. The van der Waals surface area contributed by atoms with E-state index < -0.39 is 10.0 Å². The third-order valence-corrected chi connectivity index (χ3v) is 8.13. The SMILES string of the molecule is O=C(CCN1CCN(S(=O)(=O)c2ccccc2Cl)CC1)Nc1ccccc1-c1ccccc1. The number of amides is 1. The van der Waals surface area contributed by atoms with Crippen LogP contribution in [0, 0.1) is 0 Å². The van der Waals surface area contributed by atoms with E-state index in [9.17, 15) is 13.2 Å². The molecule has 1 fully saturated rings. The van der Waals surface area contributed by atoms with Crippen molar-refractivity contribution in [2.75, 3.05) is 38.0 Å². The van der Waals surface area contributed by atoms with Gasteiger partial charge in [-0.1, -0.05) is 72.3 Å². The lowest BCUT2D eigenvalue weighted by atomic mass is 10.0. The highest BCUT2D eigenvalue weighted by atomic mass is 35.5. The van der Waals surface area contributed by atoms with Crippen LogP contribution in [0.2, 0.25) is 5.02 Å². The fourth-order valence-corrected chi connectivity index (χ4v) is 5.84. The van der Waals surface area contributed by atoms with Crippen LogP contribution < -0.4 is 5.32 Å². The molecule has 1 amide bonds. The Hall–Kier alpha value is -2.71. The summed E-state index contributed by atoms with van der Waals surface area (Å²) in [5, 5.41) is 3.25. The van der Waals surface area contributed by atoms with E-state index in [4.69, 9.17) is 11.6 Å². The van der Waals surface area contributed by atoms with E-state index in [2.05, 4.69) is 10.2 Å². The first-order chi connectivity index (χ1) is 15.9. The topological polar surface area (TPSA) is 69.7 Å². The quantitative estimate of drug-likeness (QED) is 0.542. The summed E-state index contributed by atoms with van der Waals surface area (Å²) in [5.41, 5.74) is 2.80. The van der Waals surface area contributed by atoms with E-state index >= 15 is 0 Å². The predicted molar refractivity (Wildman–Crippen MR) is 132 cm³/mol. The Labute approximate surface area is 199 Å². The minimum Gasteiger partial charge on any atom is -0.325 e. The highest BCUT2D eigenvalue weighted by molar-refractivity contribution is 7.89. The molecule has 172 valence electrons. The van der Waals surface area contributed by atoms with Crippen LogP contribution in [0.5, 0.6) is 0 Å². The lowest BCUT2D eigenvalue weighted by Crippen LogP contribution is -2.49. The fraction of sp³-hybridized carbons (Fsp3) is 0.240. The van der Waals surface area contributed by atoms with Gasteiger partial charge in [-0.25, -0.2) is 8.42 Å². The van der Waals surface area contributed by atoms with E-state index in [1.54, 1.807) is 18.2 Å². The molecule has 0 aromatic heterocycles. The summed E-state index contributed by atoms with van der Waals surface area (Å²) >= 11 is 6.10. The smallest absolute Gasteiger partial charge is 0.244 e. The van der Waals surface area contributed by atoms with Gasteiger partial charge >= 0.3 is 0 Å². The summed E-state index contributed by atoms with van der Waals surface area (Å²) < 4.78 is 27.2. The number of hydrogen-bond donors (Lipinski definition) is 1. The van der Waals surface area contributed by atoms with Crippen molar-refractivity contribution in [3.63, 3.8) is 0 Å². The first kappa shape index (κ1) is 23.4. The second kappa shape index (κ2) is 10.5. The minimum atomic E-state index is -3.62. The molecular formula is C25H26ClN3O3S. The highest BCUT2D eigenvalue weighted by Gasteiger charge is 2.29. The maximum absolute atomic E-state index is 12.9. The van der Waals surface area contributed by atoms with Crippen molar-refractivity contribution in [3.8, 4) is 11.1 Å². The Balaban J connectivity index is 1.30. The highest BCUT2D eigenvalue weighted by Crippen LogP contribution is 2.28. The molecule has 1 saturated heterocycles. The molecule has 6 nitrogen and oxygen atoms in total. The molecule has 0 bridgehead atoms. The number of nitrogens with zero attached hydrogens (tertiary/aromatic N) is 2. The molecule has 0 aliphatic carbocycles. The molecule has 1 N–H and O–H groups in total. The van der Waals surface area contributed by atoms with Crippen molar-refractivity contribution in [1.29, 1.82) is 0 Å². The van der Waals surface area contributed by atoms with Gasteiger partial charge in [0.25, 0.3) is 0 Å². The van der Waals surface area contributed by atoms with Crippen molar-refractivity contribution in [2.45, 2.75) is 11.3 Å². The van der Waals surface area contributed by atoms with Crippen LogP contribution in [0.1, 0.15) is 6.42 Å². The number of halogens is 1. The van der Waals surface area contributed by atoms with Gasteiger partial charge in [0.05, 0.1) is 5.02 Å². The molecule has 1 aliphatic heterocycles. The third-order valence-electron chi connectivity index (χ3n) is 5.73. The molecule has 3 aromatic rings. The number of para-hydroxylation sites is 1. The van der Waals surface area contributed by atoms with Gasteiger partial charge in [0.2, 0.25) is 15.9 Å². The number of hydrogen-bond acceptors (Lipinski definition) is 4. The van der Waals surface area contributed by atoms with E-state index in [0.29, 0.717) is 39.1 Å². The second-order valence-electron chi connectivity index (χ2n) is 7.89. The molecule has 0 unspecified atom stereocenters. The molecule has 0 atom stereocenters. The molecule has 0 radical (unpaired) electrons. The Morgan fingerprint density at radius 2 is 1.48 bits per heavy atom. The number of rotatable bonds is 7. The molecule has 1 heterocycles. The lowest BCUT2D eigenvalue weighted by Gasteiger charge is -2.34. The number of sulfonamides is 1. The summed E-state index contributed by atoms with van der Waals surface area (Å²) in [5.74, 6) is -0.0653. The average molecular weight is 484 g/mol. The van der Waals surface area contributed by atoms with Crippen LogP contribution in [0.25, 0.3) is 11.1 Å². The van der Waals surface area contributed by atoms with E-state index in [-0.39, 0.29) is 15.8 Å². The summed E-state index contributed by atoms with van der Waals surface area (Å²) in [7, 11) is -3.62. The van der Waals surface area contributed by atoms with Crippen molar-refractivity contribution < 1.29 is 13.2 Å². The van der Waals surface area contributed by atoms with Crippen molar-refractivity contribution in [3.05, 3.63) is 83.9 Å². The molecular weight excluding hydrogens is 458 g/mol. The van der Waals surface area contributed by atoms with Gasteiger partial charge in [0.15, 0.2) is 0 Å². The fourth-order valence-electron chi connectivity index (χ4n) is 3.92. The summed E-state index contributed by atoms with van der Waals surface area (Å²) in [6.45, 7) is 2.44. The molecule has 33 heavy (non-hydrogen) atoms. The van der Waals surface area contributed by atoms with Crippen molar-refractivity contribution in [1.82, 2.24) is 9.21 Å². The molecule has 4 rings (SSSR count). The summed E-state index contributed by atoms with van der Waals surface area (Å²) in [6, 6.07) is 24.2. The first-order valence-corrected chi connectivity index (χ1v) is 12.7. The standard InChI is InChI=1S/C25H26ClN3O3S/c26-22-11-5-7-13-24(22)33(31,32)29-18-16-28(17-19-29)15-14-25(30)27-23-12-6-4-10-21(23)20-8-2-1-3-9-20/h1-13H,14-19H2,(H,27,30). The Bertz CT molecular complexity index is 1210. The van der Waals surface area contributed by atoms with E-state index in [1.807, 2.05) is 54.6 Å². The van der Waals surface area contributed by atoms with Gasteiger partial charge in [0, 0.05) is 50.4 Å². The monoisotopic (exact) mass is 483 g/mol. The normalized spacial score (nSPS) is 15.3. The molecule has 8 heteroatoms. The van der Waals surface area contributed by atoms with E-state index in [1.165, 1.54) is 10.4 Å². The van der Waals surface area contributed by atoms with Crippen LogP contribution in [0.4, 0.5) is 5.69 Å². The predicted octanol–water partition coefficient (Wildman–Crippen LogP) is 4.34. The number of nitrogens with one attached hydrogen (secondary N) is 1. The van der Waals surface area contributed by atoms with Gasteiger partial charge in [-0.3, -0.25) is 4.79 Å². The van der Waals surface area contributed by atoms with Gasteiger partial charge in [-0.15, -0.1) is 0 Å². The van der Waals surface area contributed by atoms with Gasteiger partial charge in [-0.2, -0.15) is 4.31 Å². The number of piperazine rings is 1. The molecule has 3 aromatic carbocycles. The van der Waals surface area contributed by atoms with Gasteiger partial charge in [-0.05, 0) is 23.8 Å². The number of benzene rings is 3. The van der Waals surface area contributed by atoms with Crippen LogP contribution in [0.15, 0.2) is 83.8 Å². The summed E-state index contributed by atoms with van der Waals surface area (Å²) in [6.07, 6.45) is 0.334. The Kier molecular flexibility index (Phi) is 7.45. The lowest BCUT2D eigenvalue weighted by molar-refractivity contribution is -0.116. The van der Waals surface area contributed by atoms with Crippen molar-refractivity contribution >= 4 is 33.2 Å². The maximum atomic E-state index is 12.9. The van der Waals surface area contributed by atoms with E-state index in [0.717, 1.165) is 16.8 Å². The summed E-state index contributed by atoms with van der Waals surface area (Å²) in [4.78, 5) is 14.9. The van der Waals surface area contributed by atoms with Crippen LogP contribution in [-0.4, -0.2) is 56.3 Å². The Morgan fingerprint density at radius 1 is 0.848 bits per heavy atom. The largest absolute Gasteiger partial charge is 0.325 e.